The highest BCUT2D eigenvalue weighted by Gasteiger charge is 2.10. The second kappa shape index (κ2) is 12.0. The zero-order valence-electron chi connectivity index (χ0n) is 22.1. The molecule has 0 N–H and O–H groups in total. The van der Waals surface area contributed by atoms with Crippen LogP contribution in [0.2, 0.25) is 0 Å². The quantitative estimate of drug-likeness (QED) is 0.199. The van der Waals surface area contributed by atoms with Crippen LogP contribution in [0.5, 0.6) is 0 Å². The third kappa shape index (κ3) is 6.20. The van der Waals surface area contributed by atoms with E-state index in [2.05, 4.69) is 127 Å². The molecule has 0 saturated heterocycles. The first-order chi connectivity index (χ1) is 19.8. The van der Waals surface area contributed by atoms with Gasteiger partial charge < -0.3 is 0 Å². The first kappa shape index (κ1) is 25.0. The summed E-state index contributed by atoms with van der Waals surface area (Å²) in [5.41, 5.74) is 9.54. The maximum absolute atomic E-state index is 5.00. The van der Waals surface area contributed by atoms with Gasteiger partial charge in [0.2, 0.25) is 0 Å². The molecule has 190 valence electrons. The molecule has 6 rings (SSSR count). The van der Waals surface area contributed by atoms with Gasteiger partial charge >= 0.3 is 0 Å². The van der Waals surface area contributed by atoms with Gasteiger partial charge in [-0.1, -0.05) is 164 Å². The Bertz CT molecular complexity index is 1620. The van der Waals surface area contributed by atoms with Gasteiger partial charge in [0.1, 0.15) is 0 Å². The van der Waals surface area contributed by atoms with Crippen molar-refractivity contribution in [3.63, 3.8) is 0 Å². The van der Waals surface area contributed by atoms with Gasteiger partial charge in [-0.3, -0.25) is 0 Å². The van der Waals surface area contributed by atoms with Crippen LogP contribution in [0, 0.1) is 0 Å². The average molecular weight is 513 g/mol. The lowest BCUT2D eigenvalue weighted by Gasteiger charge is -2.10. The van der Waals surface area contributed by atoms with Crippen molar-refractivity contribution in [2.45, 2.75) is 0 Å². The van der Waals surface area contributed by atoms with E-state index in [1.165, 1.54) is 11.1 Å². The number of hydrogen-bond donors (Lipinski definition) is 0. The summed E-state index contributed by atoms with van der Waals surface area (Å²) in [5, 5.41) is 0. The van der Waals surface area contributed by atoms with Crippen molar-refractivity contribution in [1.82, 2.24) is 9.97 Å². The Morgan fingerprint density at radius 1 is 0.325 bits per heavy atom. The van der Waals surface area contributed by atoms with Crippen molar-refractivity contribution in [2.75, 3.05) is 0 Å². The third-order valence-electron chi connectivity index (χ3n) is 6.71. The maximum Gasteiger partial charge on any atom is 0.160 e. The van der Waals surface area contributed by atoms with Crippen molar-refractivity contribution >= 4 is 24.3 Å². The first-order valence-electron chi connectivity index (χ1n) is 13.4. The summed E-state index contributed by atoms with van der Waals surface area (Å²) in [6.07, 6.45) is 8.51. The molecule has 0 atom stereocenters. The van der Waals surface area contributed by atoms with E-state index in [4.69, 9.17) is 9.97 Å². The Kier molecular flexibility index (Phi) is 7.50. The molecule has 0 aliphatic heterocycles. The molecular weight excluding hydrogens is 484 g/mol. The molecule has 0 spiro atoms. The molecule has 1 heterocycles. The topological polar surface area (TPSA) is 25.8 Å². The van der Waals surface area contributed by atoms with E-state index in [1.54, 1.807) is 0 Å². The van der Waals surface area contributed by atoms with Crippen molar-refractivity contribution in [3.05, 3.63) is 168 Å². The van der Waals surface area contributed by atoms with Crippen molar-refractivity contribution in [3.8, 4) is 33.9 Å². The highest BCUT2D eigenvalue weighted by atomic mass is 14.9. The number of aromatic nitrogens is 2. The lowest BCUT2D eigenvalue weighted by molar-refractivity contribution is 1.18. The SMILES string of the molecule is C(=C\c1ccc(-c2cc(-c3ccccc3)nc(-c3ccc(/C=C/c4ccccc4)cc3)n2)cc1)/c1ccccc1. The molecule has 0 aliphatic rings. The maximum atomic E-state index is 5.00. The van der Waals surface area contributed by atoms with E-state index in [-0.39, 0.29) is 0 Å². The van der Waals surface area contributed by atoms with E-state index in [0.717, 1.165) is 39.2 Å². The van der Waals surface area contributed by atoms with E-state index in [0.29, 0.717) is 5.82 Å². The standard InChI is InChI=1S/C38H28N2/c1-4-10-29(11-5-1)16-18-31-20-24-34(25-21-31)37-28-36(33-14-8-3-9-15-33)39-38(40-37)35-26-22-32(23-27-35)19-17-30-12-6-2-7-13-30/h1-28H/b18-16+,19-17+. The van der Waals surface area contributed by atoms with Crippen LogP contribution in [0.3, 0.4) is 0 Å². The second-order valence-electron chi connectivity index (χ2n) is 9.56. The molecule has 2 heteroatoms. The third-order valence-corrected chi connectivity index (χ3v) is 6.71. The highest BCUT2D eigenvalue weighted by Crippen LogP contribution is 2.28. The van der Waals surface area contributed by atoms with Crippen molar-refractivity contribution in [1.29, 1.82) is 0 Å². The Labute approximate surface area is 235 Å². The fraction of sp³-hybridized carbons (Fsp3) is 0. The zero-order valence-corrected chi connectivity index (χ0v) is 22.1. The van der Waals surface area contributed by atoms with E-state index < -0.39 is 0 Å². The van der Waals surface area contributed by atoms with Crippen LogP contribution in [0.4, 0.5) is 0 Å². The lowest BCUT2D eigenvalue weighted by atomic mass is 10.0. The molecule has 0 amide bonds. The van der Waals surface area contributed by atoms with Crippen LogP contribution in [0.15, 0.2) is 146 Å². The highest BCUT2D eigenvalue weighted by molar-refractivity contribution is 5.75. The Morgan fingerprint density at radius 2 is 0.675 bits per heavy atom. The summed E-state index contributed by atoms with van der Waals surface area (Å²) >= 11 is 0. The number of hydrogen-bond acceptors (Lipinski definition) is 2. The van der Waals surface area contributed by atoms with E-state index in [1.807, 2.05) is 42.5 Å². The Hall–Kier alpha value is -5.34. The summed E-state index contributed by atoms with van der Waals surface area (Å²) in [6, 6.07) is 49.9. The number of benzene rings is 5. The van der Waals surface area contributed by atoms with Gasteiger partial charge in [-0.2, -0.15) is 0 Å². The van der Waals surface area contributed by atoms with Crippen LogP contribution in [0.25, 0.3) is 58.2 Å². The molecule has 0 aliphatic carbocycles. The largest absolute Gasteiger partial charge is 0.228 e. The monoisotopic (exact) mass is 512 g/mol. The predicted molar refractivity (Wildman–Crippen MR) is 169 cm³/mol. The Balaban J connectivity index is 1.31. The van der Waals surface area contributed by atoms with E-state index in [9.17, 15) is 0 Å². The van der Waals surface area contributed by atoms with Crippen LogP contribution >= 0.6 is 0 Å². The van der Waals surface area contributed by atoms with Crippen molar-refractivity contribution in [2.24, 2.45) is 0 Å². The normalized spacial score (nSPS) is 11.3. The minimum atomic E-state index is 0.711. The molecule has 40 heavy (non-hydrogen) atoms. The molecule has 0 saturated carbocycles. The summed E-state index contributed by atoms with van der Waals surface area (Å²) < 4.78 is 0. The molecule has 0 bridgehead atoms. The zero-order chi connectivity index (χ0) is 27.0. The van der Waals surface area contributed by atoms with E-state index >= 15 is 0 Å². The second-order valence-corrected chi connectivity index (χ2v) is 9.56. The molecule has 6 aromatic rings. The Morgan fingerprint density at radius 3 is 1.12 bits per heavy atom. The molecule has 0 unspecified atom stereocenters. The minimum Gasteiger partial charge on any atom is -0.228 e. The van der Waals surface area contributed by atoms with Gasteiger partial charge in [0.05, 0.1) is 11.4 Å². The molecule has 0 fully saturated rings. The summed E-state index contributed by atoms with van der Waals surface area (Å²) in [7, 11) is 0. The summed E-state index contributed by atoms with van der Waals surface area (Å²) in [4.78, 5) is 9.96. The predicted octanol–water partition coefficient (Wildman–Crippen LogP) is 9.82. The average Bonchev–Trinajstić information content (AvgIpc) is 3.04. The van der Waals surface area contributed by atoms with Gasteiger partial charge in [-0.25, -0.2) is 9.97 Å². The molecule has 2 nitrogen and oxygen atoms in total. The van der Waals surface area contributed by atoms with Gasteiger partial charge in [0, 0.05) is 16.7 Å². The van der Waals surface area contributed by atoms with Gasteiger partial charge in [0.15, 0.2) is 5.82 Å². The van der Waals surface area contributed by atoms with Crippen LogP contribution in [-0.2, 0) is 0 Å². The lowest BCUT2D eigenvalue weighted by Crippen LogP contribution is -1.96. The fourth-order valence-corrected chi connectivity index (χ4v) is 4.50. The fourth-order valence-electron chi connectivity index (χ4n) is 4.50. The molecule has 1 aromatic heterocycles. The van der Waals surface area contributed by atoms with Crippen LogP contribution in [-0.4, -0.2) is 9.97 Å². The van der Waals surface area contributed by atoms with Crippen LogP contribution in [0.1, 0.15) is 22.3 Å². The first-order valence-corrected chi connectivity index (χ1v) is 13.4. The van der Waals surface area contributed by atoms with Gasteiger partial charge in [-0.05, 0) is 28.3 Å². The molecule has 0 radical (unpaired) electrons. The van der Waals surface area contributed by atoms with Crippen molar-refractivity contribution < 1.29 is 0 Å². The minimum absolute atomic E-state index is 0.711. The molecular formula is C38H28N2. The van der Waals surface area contributed by atoms with Gasteiger partial charge in [-0.15, -0.1) is 0 Å². The van der Waals surface area contributed by atoms with Gasteiger partial charge in [0.25, 0.3) is 0 Å². The van der Waals surface area contributed by atoms with Crippen LogP contribution < -0.4 is 0 Å². The molecule has 5 aromatic carbocycles. The number of nitrogens with zero attached hydrogens (tertiary/aromatic N) is 2. The summed E-state index contributed by atoms with van der Waals surface area (Å²) in [6.45, 7) is 0. The smallest absolute Gasteiger partial charge is 0.160 e. The summed E-state index contributed by atoms with van der Waals surface area (Å²) in [5.74, 6) is 0.711. The number of rotatable bonds is 7.